The summed E-state index contributed by atoms with van der Waals surface area (Å²) in [6.07, 6.45) is 1.40. The Morgan fingerprint density at radius 2 is 1.67 bits per heavy atom. The molecule has 0 bridgehead atoms. The van der Waals surface area contributed by atoms with Gasteiger partial charge in [0.05, 0.1) is 0 Å². The number of phenolic OH excluding ortho intramolecular Hbond substituents is 2. The molecule has 8 heteroatoms. The quantitative estimate of drug-likeness (QED) is 0.437. The van der Waals surface area contributed by atoms with E-state index < -0.39 is 0 Å². The zero-order valence-corrected chi connectivity index (χ0v) is 9.15. The van der Waals surface area contributed by atoms with Gasteiger partial charge in [-0.3, -0.25) is 0 Å². The molecule has 0 fully saturated rings. The maximum Gasteiger partial charge on any atom is 0.255 e. The summed E-state index contributed by atoms with van der Waals surface area (Å²) in [4.78, 5) is 15.0. The number of nitrogens with two attached hydrogens (primary N) is 2. The van der Waals surface area contributed by atoms with Crippen LogP contribution in [0.2, 0.25) is 0 Å². The van der Waals surface area contributed by atoms with E-state index in [1.807, 2.05) is 0 Å². The summed E-state index contributed by atoms with van der Waals surface area (Å²) in [5.41, 5.74) is 11.3. The van der Waals surface area contributed by atoms with Crippen LogP contribution in [0.15, 0.2) is 23.2 Å². The van der Waals surface area contributed by atoms with Gasteiger partial charge < -0.3 is 21.7 Å². The van der Waals surface area contributed by atoms with E-state index in [-0.39, 0.29) is 29.3 Å². The van der Waals surface area contributed by atoms with Gasteiger partial charge in [0.15, 0.2) is 11.5 Å². The highest BCUT2D eigenvalue weighted by Crippen LogP contribution is 2.24. The predicted octanol–water partition coefficient (Wildman–Crippen LogP) is 0.198. The second-order valence-electron chi connectivity index (χ2n) is 3.36. The standard InChI is InChI=1S/C10H10N6O2/c11-8-14-9(12)16-10(15-8)13-4-5-1-2-6(17)7(18)3-5/h1-4,17-18H,(H4,11,12,14,15,16)/b13-4+. The van der Waals surface area contributed by atoms with Crippen LogP contribution in [0, 0.1) is 0 Å². The van der Waals surface area contributed by atoms with E-state index in [9.17, 15) is 5.11 Å². The van der Waals surface area contributed by atoms with Crippen LogP contribution in [0.25, 0.3) is 0 Å². The number of benzene rings is 1. The number of aromatic hydroxyl groups is 2. The van der Waals surface area contributed by atoms with Crippen LogP contribution in [-0.2, 0) is 0 Å². The summed E-state index contributed by atoms with van der Waals surface area (Å²) in [6.45, 7) is 0. The average Bonchev–Trinajstić information content (AvgIpc) is 2.29. The minimum atomic E-state index is -0.242. The van der Waals surface area contributed by atoms with Crippen molar-refractivity contribution in [2.75, 3.05) is 11.5 Å². The monoisotopic (exact) mass is 246 g/mol. The summed E-state index contributed by atoms with van der Waals surface area (Å²) >= 11 is 0. The molecule has 0 unspecified atom stereocenters. The SMILES string of the molecule is Nc1nc(N)nc(/N=C/c2ccc(O)c(O)c2)n1. The van der Waals surface area contributed by atoms with E-state index in [1.54, 1.807) is 6.07 Å². The molecule has 0 spiro atoms. The molecule has 1 aromatic carbocycles. The van der Waals surface area contributed by atoms with Crippen LogP contribution in [0.3, 0.4) is 0 Å². The number of hydrogen-bond donors (Lipinski definition) is 4. The van der Waals surface area contributed by atoms with Crippen molar-refractivity contribution in [1.29, 1.82) is 0 Å². The Balaban J connectivity index is 2.27. The van der Waals surface area contributed by atoms with Gasteiger partial charge in [-0.2, -0.15) is 15.0 Å². The van der Waals surface area contributed by atoms with Crippen molar-refractivity contribution in [2.45, 2.75) is 0 Å². The van der Waals surface area contributed by atoms with Crippen molar-refractivity contribution in [3.05, 3.63) is 23.8 Å². The van der Waals surface area contributed by atoms with Gasteiger partial charge in [0.2, 0.25) is 11.9 Å². The Morgan fingerprint density at radius 3 is 2.28 bits per heavy atom. The van der Waals surface area contributed by atoms with Crippen LogP contribution >= 0.6 is 0 Å². The highest BCUT2D eigenvalue weighted by molar-refractivity contribution is 5.82. The lowest BCUT2D eigenvalue weighted by molar-refractivity contribution is 0.403. The molecule has 6 N–H and O–H groups in total. The van der Waals surface area contributed by atoms with Crippen LogP contribution in [0.5, 0.6) is 11.5 Å². The topological polar surface area (TPSA) is 144 Å². The summed E-state index contributed by atoms with van der Waals surface area (Å²) in [6, 6.07) is 4.24. The maximum absolute atomic E-state index is 9.29. The number of nitrogen functional groups attached to an aromatic ring is 2. The summed E-state index contributed by atoms with van der Waals surface area (Å²) < 4.78 is 0. The Morgan fingerprint density at radius 1 is 1.00 bits per heavy atom. The first kappa shape index (κ1) is 11.6. The van der Waals surface area contributed by atoms with Crippen LogP contribution in [-0.4, -0.2) is 31.4 Å². The Bertz CT molecular complexity index is 593. The molecular formula is C10H10N6O2. The van der Waals surface area contributed by atoms with E-state index >= 15 is 0 Å². The molecule has 0 radical (unpaired) electrons. The fourth-order valence-electron chi connectivity index (χ4n) is 1.21. The van der Waals surface area contributed by atoms with Gasteiger partial charge in [-0.05, 0) is 23.8 Å². The summed E-state index contributed by atoms with van der Waals surface area (Å²) in [5, 5.41) is 18.4. The minimum Gasteiger partial charge on any atom is -0.504 e. The van der Waals surface area contributed by atoms with E-state index in [2.05, 4.69) is 19.9 Å². The second-order valence-corrected chi connectivity index (χ2v) is 3.36. The van der Waals surface area contributed by atoms with E-state index in [1.165, 1.54) is 18.3 Å². The van der Waals surface area contributed by atoms with Crippen LogP contribution in [0.4, 0.5) is 17.8 Å². The molecule has 8 nitrogen and oxygen atoms in total. The third-order valence-corrected chi connectivity index (χ3v) is 1.99. The van der Waals surface area contributed by atoms with E-state index in [0.717, 1.165) is 0 Å². The lowest BCUT2D eigenvalue weighted by Gasteiger charge is -1.98. The lowest BCUT2D eigenvalue weighted by Crippen LogP contribution is -2.01. The largest absolute Gasteiger partial charge is 0.504 e. The Kier molecular flexibility index (Phi) is 2.92. The highest BCUT2D eigenvalue weighted by Gasteiger charge is 2.01. The number of hydrogen-bond acceptors (Lipinski definition) is 8. The van der Waals surface area contributed by atoms with Crippen LogP contribution in [0.1, 0.15) is 5.56 Å². The van der Waals surface area contributed by atoms with Crippen molar-refractivity contribution in [3.8, 4) is 11.5 Å². The van der Waals surface area contributed by atoms with E-state index in [4.69, 9.17) is 16.6 Å². The minimum absolute atomic E-state index is 0.0248. The average molecular weight is 246 g/mol. The molecule has 0 saturated carbocycles. The molecule has 1 aromatic heterocycles. The first-order chi connectivity index (χ1) is 8.54. The van der Waals surface area contributed by atoms with Crippen molar-refractivity contribution >= 4 is 24.1 Å². The number of anilines is 2. The van der Waals surface area contributed by atoms with Gasteiger partial charge in [0.1, 0.15) is 0 Å². The molecule has 2 aromatic rings. The van der Waals surface area contributed by atoms with Gasteiger partial charge in [0, 0.05) is 6.21 Å². The van der Waals surface area contributed by atoms with Crippen molar-refractivity contribution < 1.29 is 10.2 Å². The highest BCUT2D eigenvalue weighted by atomic mass is 16.3. The molecule has 92 valence electrons. The molecule has 0 aliphatic rings. The number of aliphatic imine (C=N–C) groups is 1. The third kappa shape index (κ3) is 2.61. The summed E-state index contributed by atoms with van der Waals surface area (Å²) in [7, 11) is 0. The van der Waals surface area contributed by atoms with Crippen molar-refractivity contribution in [1.82, 2.24) is 15.0 Å². The fraction of sp³-hybridized carbons (Fsp3) is 0. The van der Waals surface area contributed by atoms with Gasteiger partial charge in [0.25, 0.3) is 5.95 Å². The Labute approximate surface area is 102 Å². The molecule has 0 amide bonds. The first-order valence-corrected chi connectivity index (χ1v) is 4.87. The van der Waals surface area contributed by atoms with Gasteiger partial charge in [-0.25, -0.2) is 4.99 Å². The van der Waals surface area contributed by atoms with Gasteiger partial charge in [-0.15, -0.1) is 0 Å². The number of rotatable bonds is 2. The smallest absolute Gasteiger partial charge is 0.255 e. The number of phenols is 2. The molecule has 0 aliphatic heterocycles. The van der Waals surface area contributed by atoms with Crippen molar-refractivity contribution in [3.63, 3.8) is 0 Å². The molecule has 0 atom stereocenters. The number of aromatic nitrogens is 3. The Hall–Kier alpha value is -2.90. The second kappa shape index (κ2) is 4.53. The summed E-state index contributed by atoms with van der Waals surface area (Å²) in [5.74, 6) is -0.437. The maximum atomic E-state index is 9.29. The van der Waals surface area contributed by atoms with Gasteiger partial charge >= 0.3 is 0 Å². The zero-order chi connectivity index (χ0) is 13.1. The molecular weight excluding hydrogens is 236 g/mol. The molecule has 1 heterocycles. The third-order valence-electron chi connectivity index (χ3n) is 1.99. The fourth-order valence-corrected chi connectivity index (χ4v) is 1.21. The van der Waals surface area contributed by atoms with Crippen LogP contribution < -0.4 is 11.5 Å². The molecule has 0 saturated heterocycles. The predicted molar refractivity (Wildman–Crippen MR) is 65.7 cm³/mol. The van der Waals surface area contributed by atoms with Crippen molar-refractivity contribution in [2.24, 2.45) is 4.99 Å². The van der Waals surface area contributed by atoms with Gasteiger partial charge in [-0.1, -0.05) is 0 Å². The molecule has 18 heavy (non-hydrogen) atoms. The lowest BCUT2D eigenvalue weighted by atomic mass is 10.2. The zero-order valence-electron chi connectivity index (χ0n) is 9.15. The normalized spacial score (nSPS) is 10.9. The first-order valence-electron chi connectivity index (χ1n) is 4.87. The van der Waals surface area contributed by atoms with E-state index in [0.29, 0.717) is 5.56 Å². The number of nitrogens with zero attached hydrogens (tertiary/aromatic N) is 4. The molecule has 2 rings (SSSR count). The molecule has 0 aliphatic carbocycles.